The lowest BCUT2D eigenvalue weighted by Gasteiger charge is -2.36. The maximum absolute atomic E-state index is 14.6. The summed E-state index contributed by atoms with van der Waals surface area (Å²) in [6.07, 6.45) is -0.201. The van der Waals surface area contributed by atoms with Crippen LogP contribution < -0.4 is 9.80 Å². The maximum Gasteiger partial charge on any atom is 0.308 e. The fourth-order valence-electron chi connectivity index (χ4n) is 6.45. The molecule has 0 saturated carbocycles. The van der Waals surface area contributed by atoms with Crippen molar-refractivity contribution in [2.45, 2.75) is 30.5 Å². The van der Waals surface area contributed by atoms with E-state index < -0.39 is 22.9 Å². The number of amides is 2. The standard InChI is InChI=1S/C32H24N2O4/c35-28-19-31(24-15-7-9-17-26(24)33(29(31)36)20-22-11-3-1-4-12-22)32(38-28)25-16-8-10-18-27(25)34(30(32)37)21-23-13-5-2-6-14-23/h1-18H,19-21H2/t31-,32-/m1/s1. The second kappa shape index (κ2) is 8.15. The summed E-state index contributed by atoms with van der Waals surface area (Å²) in [4.78, 5) is 45.8. The number of nitrogens with zero attached hydrogens (tertiary/aromatic N) is 2. The SMILES string of the molecule is O=C1C[C@@]2(C(=O)N(Cc3ccccc3)c3ccccc32)[C@]2(O1)C(=O)N(Cc1ccccc1)c1ccccc12. The molecule has 4 aromatic carbocycles. The average Bonchev–Trinajstić information content (AvgIpc) is 3.49. The fraction of sp³-hybridized carbons (Fsp3) is 0.156. The molecule has 4 aromatic rings. The van der Waals surface area contributed by atoms with Crippen LogP contribution >= 0.6 is 0 Å². The molecule has 186 valence electrons. The Morgan fingerprint density at radius 3 is 1.66 bits per heavy atom. The summed E-state index contributed by atoms with van der Waals surface area (Å²) < 4.78 is 6.10. The summed E-state index contributed by atoms with van der Waals surface area (Å²) in [7, 11) is 0. The minimum absolute atomic E-state index is 0.201. The number of carbonyl (C=O) groups excluding carboxylic acids is 3. The Hall–Kier alpha value is -4.71. The quantitative estimate of drug-likeness (QED) is 0.376. The molecule has 0 unspecified atom stereocenters. The molecule has 0 N–H and O–H groups in total. The Kier molecular flexibility index (Phi) is 4.82. The Bertz CT molecular complexity index is 1480. The monoisotopic (exact) mass is 500 g/mol. The van der Waals surface area contributed by atoms with Crippen LogP contribution in [0.3, 0.4) is 0 Å². The molecule has 7 rings (SSSR count). The van der Waals surface area contributed by atoms with Gasteiger partial charge in [0.05, 0.1) is 25.2 Å². The van der Waals surface area contributed by atoms with Crippen molar-refractivity contribution in [3.8, 4) is 0 Å². The van der Waals surface area contributed by atoms with Gasteiger partial charge in [-0.15, -0.1) is 0 Å². The average molecular weight is 501 g/mol. The Morgan fingerprint density at radius 1 is 0.579 bits per heavy atom. The number of ether oxygens (including phenoxy) is 1. The normalized spacial score (nSPS) is 23.3. The number of esters is 1. The predicted molar refractivity (Wildman–Crippen MR) is 142 cm³/mol. The largest absolute Gasteiger partial charge is 0.442 e. The first kappa shape index (κ1) is 22.5. The zero-order valence-corrected chi connectivity index (χ0v) is 20.5. The van der Waals surface area contributed by atoms with Gasteiger partial charge in [0.25, 0.3) is 5.91 Å². The van der Waals surface area contributed by atoms with Crippen molar-refractivity contribution in [3.63, 3.8) is 0 Å². The van der Waals surface area contributed by atoms with Gasteiger partial charge in [0, 0.05) is 11.3 Å². The van der Waals surface area contributed by atoms with E-state index in [1.165, 1.54) is 0 Å². The van der Waals surface area contributed by atoms with Crippen molar-refractivity contribution in [2.24, 2.45) is 0 Å². The number of benzene rings is 4. The molecule has 3 aliphatic rings. The van der Waals surface area contributed by atoms with Crippen molar-refractivity contribution in [3.05, 3.63) is 131 Å². The summed E-state index contributed by atoms with van der Waals surface area (Å²) >= 11 is 0. The Morgan fingerprint density at radius 2 is 1.05 bits per heavy atom. The number of hydrogen-bond donors (Lipinski definition) is 0. The molecular formula is C32H24N2O4. The highest BCUT2D eigenvalue weighted by Crippen LogP contribution is 2.63. The third-order valence-electron chi connectivity index (χ3n) is 8.03. The number of rotatable bonds is 4. The third-order valence-corrected chi connectivity index (χ3v) is 8.03. The predicted octanol–water partition coefficient (Wildman–Crippen LogP) is 4.86. The van der Waals surface area contributed by atoms with Crippen molar-refractivity contribution >= 4 is 29.2 Å². The van der Waals surface area contributed by atoms with Gasteiger partial charge in [0.2, 0.25) is 11.5 Å². The summed E-state index contributed by atoms with van der Waals surface area (Å²) in [5.74, 6) is -1.24. The highest BCUT2D eigenvalue weighted by atomic mass is 16.6. The molecule has 1 saturated heterocycles. The van der Waals surface area contributed by atoms with Crippen LogP contribution in [0.1, 0.15) is 28.7 Å². The molecule has 6 heteroatoms. The van der Waals surface area contributed by atoms with Crippen LogP contribution in [0, 0.1) is 0 Å². The molecule has 2 spiro atoms. The zero-order chi connectivity index (χ0) is 25.9. The molecule has 38 heavy (non-hydrogen) atoms. The highest BCUT2D eigenvalue weighted by Gasteiger charge is 2.77. The molecule has 2 atom stereocenters. The van der Waals surface area contributed by atoms with Gasteiger partial charge in [0.15, 0.2) is 0 Å². The fourth-order valence-corrected chi connectivity index (χ4v) is 6.45. The molecule has 0 aromatic heterocycles. The van der Waals surface area contributed by atoms with E-state index in [-0.39, 0.29) is 12.3 Å². The Balaban J connectivity index is 1.43. The summed E-state index contributed by atoms with van der Waals surface area (Å²) in [5.41, 5.74) is 1.16. The third kappa shape index (κ3) is 2.85. The van der Waals surface area contributed by atoms with Crippen molar-refractivity contribution in [1.29, 1.82) is 0 Å². The van der Waals surface area contributed by atoms with E-state index >= 15 is 0 Å². The second-order valence-corrected chi connectivity index (χ2v) is 10.0. The van der Waals surface area contributed by atoms with Crippen LogP contribution in [0.15, 0.2) is 109 Å². The molecule has 3 aliphatic heterocycles. The van der Waals surface area contributed by atoms with E-state index in [1.807, 2.05) is 109 Å². The van der Waals surface area contributed by atoms with Gasteiger partial charge < -0.3 is 14.5 Å². The van der Waals surface area contributed by atoms with Crippen LogP contribution in [-0.2, 0) is 43.2 Å². The van der Waals surface area contributed by atoms with Gasteiger partial charge in [-0.05, 0) is 28.8 Å². The molecule has 0 bridgehead atoms. The lowest BCUT2D eigenvalue weighted by molar-refractivity contribution is -0.162. The summed E-state index contributed by atoms with van der Waals surface area (Å²) in [5, 5.41) is 0. The number of carbonyl (C=O) groups is 3. The molecule has 6 nitrogen and oxygen atoms in total. The van der Waals surface area contributed by atoms with Crippen LogP contribution in [0.2, 0.25) is 0 Å². The van der Waals surface area contributed by atoms with Gasteiger partial charge >= 0.3 is 5.97 Å². The first-order valence-electron chi connectivity index (χ1n) is 12.7. The topological polar surface area (TPSA) is 66.9 Å². The highest BCUT2D eigenvalue weighted by molar-refractivity contribution is 6.21. The van der Waals surface area contributed by atoms with Gasteiger partial charge in [0.1, 0.15) is 5.41 Å². The molecule has 2 amide bonds. The van der Waals surface area contributed by atoms with E-state index in [0.717, 1.165) is 11.1 Å². The van der Waals surface area contributed by atoms with E-state index in [1.54, 1.807) is 9.80 Å². The van der Waals surface area contributed by atoms with Gasteiger partial charge in [-0.3, -0.25) is 14.4 Å². The van der Waals surface area contributed by atoms with Crippen molar-refractivity contribution in [2.75, 3.05) is 9.80 Å². The lowest BCUT2D eigenvalue weighted by atomic mass is 9.65. The van der Waals surface area contributed by atoms with Crippen LogP contribution in [-0.4, -0.2) is 17.8 Å². The van der Waals surface area contributed by atoms with E-state index in [4.69, 9.17) is 4.74 Å². The second-order valence-electron chi connectivity index (χ2n) is 10.0. The summed E-state index contributed by atoms with van der Waals surface area (Å²) in [6.45, 7) is 0.627. The van der Waals surface area contributed by atoms with E-state index in [2.05, 4.69) is 0 Å². The number of anilines is 2. The van der Waals surface area contributed by atoms with Crippen LogP contribution in [0.25, 0.3) is 0 Å². The van der Waals surface area contributed by atoms with Crippen molar-refractivity contribution < 1.29 is 19.1 Å². The molecule has 1 fully saturated rings. The minimum Gasteiger partial charge on any atom is -0.442 e. The van der Waals surface area contributed by atoms with E-state index in [9.17, 15) is 14.4 Å². The van der Waals surface area contributed by atoms with Gasteiger partial charge in [-0.25, -0.2) is 0 Å². The molecule has 0 aliphatic carbocycles. The van der Waals surface area contributed by atoms with Gasteiger partial charge in [-0.2, -0.15) is 0 Å². The van der Waals surface area contributed by atoms with Crippen LogP contribution in [0.5, 0.6) is 0 Å². The molecule has 0 radical (unpaired) electrons. The first-order chi connectivity index (χ1) is 18.6. The first-order valence-corrected chi connectivity index (χ1v) is 12.7. The van der Waals surface area contributed by atoms with Crippen molar-refractivity contribution in [1.82, 2.24) is 0 Å². The Labute approximate surface area is 220 Å². The lowest BCUT2D eigenvalue weighted by Crippen LogP contribution is -2.57. The van der Waals surface area contributed by atoms with E-state index in [0.29, 0.717) is 35.6 Å². The van der Waals surface area contributed by atoms with Crippen LogP contribution in [0.4, 0.5) is 11.4 Å². The number of fused-ring (bicyclic) bond motifs is 5. The minimum atomic E-state index is -1.78. The zero-order valence-electron chi connectivity index (χ0n) is 20.5. The smallest absolute Gasteiger partial charge is 0.308 e. The summed E-state index contributed by atoms with van der Waals surface area (Å²) in [6, 6.07) is 34.2. The number of para-hydroxylation sites is 2. The molecular weight excluding hydrogens is 476 g/mol. The van der Waals surface area contributed by atoms with Gasteiger partial charge in [-0.1, -0.05) is 97.1 Å². The molecule has 3 heterocycles. The maximum atomic E-state index is 14.6. The number of hydrogen-bond acceptors (Lipinski definition) is 4.